The van der Waals surface area contributed by atoms with Gasteiger partial charge in [0.05, 0.1) is 17.8 Å². The van der Waals surface area contributed by atoms with Crippen molar-refractivity contribution in [2.75, 3.05) is 0 Å². The third-order valence-corrected chi connectivity index (χ3v) is 3.34. The Morgan fingerprint density at radius 1 is 1.30 bits per heavy atom. The number of H-pyrrole nitrogens is 1. The van der Waals surface area contributed by atoms with Crippen molar-refractivity contribution >= 4 is 11.0 Å². The van der Waals surface area contributed by atoms with Crippen molar-refractivity contribution in [3.63, 3.8) is 0 Å². The van der Waals surface area contributed by atoms with E-state index < -0.39 is 0 Å². The van der Waals surface area contributed by atoms with Gasteiger partial charge in [0, 0.05) is 0 Å². The standard InChI is InChI=1S/C14H14N4O2/c1-9-7-11-12(13(15)18(9)20)16-14(19)17(11)8-10-5-3-2-4-6-10/h2-7,15,20H,8H2,1H3,(H,16,19). The monoisotopic (exact) mass is 270 g/mol. The molecular formula is C14H14N4O2. The molecule has 0 aliphatic heterocycles. The van der Waals surface area contributed by atoms with E-state index in [1.54, 1.807) is 17.6 Å². The van der Waals surface area contributed by atoms with E-state index in [9.17, 15) is 10.0 Å². The van der Waals surface area contributed by atoms with Crippen LogP contribution in [0.3, 0.4) is 0 Å². The van der Waals surface area contributed by atoms with Crippen LogP contribution < -0.4 is 11.2 Å². The molecule has 3 rings (SSSR count). The van der Waals surface area contributed by atoms with Gasteiger partial charge in [0.2, 0.25) is 0 Å². The molecule has 0 radical (unpaired) electrons. The lowest BCUT2D eigenvalue weighted by atomic mass is 10.2. The predicted octanol–water partition coefficient (Wildman–Crippen LogP) is 1.20. The number of fused-ring (bicyclic) bond motifs is 1. The average molecular weight is 270 g/mol. The molecular weight excluding hydrogens is 256 g/mol. The van der Waals surface area contributed by atoms with Crippen LogP contribution in [0.15, 0.2) is 41.2 Å². The van der Waals surface area contributed by atoms with Gasteiger partial charge in [0.1, 0.15) is 5.52 Å². The summed E-state index contributed by atoms with van der Waals surface area (Å²) >= 11 is 0. The second kappa shape index (κ2) is 4.41. The van der Waals surface area contributed by atoms with Crippen molar-refractivity contribution in [1.82, 2.24) is 14.3 Å². The third-order valence-electron chi connectivity index (χ3n) is 3.34. The molecule has 102 valence electrons. The zero-order valence-electron chi connectivity index (χ0n) is 10.9. The first-order chi connectivity index (χ1) is 9.58. The fourth-order valence-electron chi connectivity index (χ4n) is 2.28. The number of nitrogens with zero attached hydrogens (tertiary/aromatic N) is 2. The molecule has 3 N–H and O–H groups in total. The van der Waals surface area contributed by atoms with Crippen LogP contribution in [-0.2, 0) is 6.54 Å². The number of nitrogens with one attached hydrogen (secondary N) is 2. The summed E-state index contributed by atoms with van der Waals surface area (Å²) in [4.78, 5) is 14.7. The second-order valence-corrected chi connectivity index (χ2v) is 4.71. The molecule has 0 amide bonds. The molecule has 0 spiro atoms. The highest BCUT2D eigenvalue weighted by atomic mass is 16.5. The first-order valence-electron chi connectivity index (χ1n) is 6.21. The summed E-state index contributed by atoms with van der Waals surface area (Å²) in [5.41, 5.74) is 2.04. The Balaban J connectivity index is 2.24. The molecule has 2 heterocycles. The fourth-order valence-corrected chi connectivity index (χ4v) is 2.28. The number of rotatable bonds is 2. The molecule has 6 nitrogen and oxygen atoms in total. The van der Waals surface area contributed by atoms with Crippen LogP contribution in [0.5, 0.6) is 0 Å². The smallest absolute Gasteiger partial charge is 0.326 e. The van der Waals surface area contributed by atoms with Gasteiger partial charge >= 0.3 is 5.69 Å². The Hall–Kier alpha value is -2.76. The predicted molar refractivity (Wildman–Crippen MR) is 73.9 cm³/mol. The molecule has 3 aromatic rings. The van der Waals surface area contributed by atoms with Crippen LogP contribution in [0.4, 0.5) is 0 Å². The Morgan fingerprint density at radius 2 is 2.00 bits per heavy atom. The molecule has 1 aromatic carbocycles. The Bertz CT molecular complexity index is 887. The van der Waals surface area contributed by atoms with E-state index in [0.29, 0.717) is 23.3 Å². The minimum absolute atomic E-state index is 0.121. The minimum atomic E-state index is -0.289. The molecule has 0 fully saturated rings. The van der Waals surface area contributed by atoms with Crippen LogP contribution in [-0.4, -0.2) is 19.5 Å². The maximum absolute atomic E-state index is 12.1. The van der Waals surface area contributed by atoms with E-state index in [1.165, 1.54) is 0 Å². The topological polar surface area (TPSA) is 86.8 Å². The Kier molecular flexibility index (Phi) is 2.71. The van der Waals surface area contributed by atoms with Crippen LogP contribution in [0.25, 0.3) is 11.0 Å². The SMILES string of the molecule is Cc1cc2c([nH]c(=O)n2Cc2ccccc2)c(=N)n1O. The number of hydrogen-bond acceptors (Lipinski definition) is 3. The van der Waals surface area contributed by atoms with Crippen LogP contribution >= 0.6 is 0 Å². The lowest BCUT2D eigenvalue weighted by molar-refractivity contribution is 0.165. The van der Waals surface area contributed by atoms with Crippen LogP contribution in [0, 0.1) is 12.3 Å². The number of hydrogen-bond donors (Lipinski definition) is 3. The maximum Gasteiger partial charge on any atom is 0.326 e. The largest absolute Gasteiger partial charge is 0.427 e. The quantitative estimate of drug-likeness (QED) is 0.611. The van der Waals surface area contributed by atoms with E-state index in [0.717, 1.165) is 10.3 Å². The summed E-state index contributed by atoms with van der Waals surface area (Å²) in [6, 6.07) is 11.3. The highest BCUT2D eigenvalue weighted by Gasteiger charge is 2.11. The Morgan fingerprint density at radius 3 is 2.70 bits per heavy atom. The first kappa shape index (κ1) is 12.3. The normalized spacial score (nSPS) is 11.1. The summed E-state index contributed by atoms with van der Waals surface area (Å²) in [5.74, 6) is 0. The molecule has 0 unspecified atom stereocenters. The summed E-state index contributed by atoms with van der Waals surface area (Å²) in [6.45, 7) is 2.11. The number of aromatic amines is 1. The van der Waals surface area contributed by atoms with Gasteiger partial charge in [0.15, 0.2) is 5.49 Å². The Labute approximate surface area is 114 Å². The molecule has 0 aliphatic carbocycles. The molecule has 20 heavy (non-hydrogen) atoms. The molecule has 0 atom stereocenters. The number of aryl methyl sites for hydroxylation is 1. The molecule has 0 saturated heterocycles. The summed E-state index contributed by atoms with van der Waals surface area (Å²) in [7, 11) is 0. The van der Waals surface area contributed by atoms with E-state index in [1.807, 2.05) is 30.3 Å². The lowest BCUT2D eigenvalue weighted by Gasteiger charge is -2.06. The highest BCUT2D eigenvalue weighted by molar-refractivity contribution is 5.74. The van der Waals surface area contributed by atoms with Crippen molar-refractivity contribution in [2.24, 2.45) is 0 Å². The van der Waals surface area contributed by atoms with E-state index >= 15 is 0 Å². The van der Waals surface area contributed by atoms with Gasteiger partial charge < -0.3 is 10.2 Å². The summed E-state index contributed by atoms with van der Waals surface area (Å²) in [5, 5.41) is 17.5. The number of aromatic nitrogens is 3. The van der Waals surface area contributed by atoms with Gasteiger partial charge in [-0.1, -0.05) is 30.3 Å². The van der Waals surface area contributed by atoms with Gasteiger partial charge in [0.25, 0.3) is 0 Å². The van der Waals surface area contributed by atoms with Gasteiger partial charge in [-0.2, -0.15) is 4.73 Å². The van der Waals surface area contributed by atoms with Gasteiger partial charge in [-0.05, 0) is 18.6 Å². The van der Waals surface area contributed by atoms with Crippen molar-refractivity contribution in [2.45, 2.75) is 13.5 Å². The van der Waals surface area contributed by atoms with Gasteiger partial charge in [-0.25, -0.2) is 4.79 Å². The second-order valence-electron chi connectivity index (χ2n) is 4.71. The number of pyridine rings is 1. The van der Waals surface area contributed by atoms with Crippen LogP contribution in [0.1, 0.15) is 11.3 Å². The van der Waals surface area contributed by atoms with Gasteiger partial charge in [-0.15, -0.1) is 0 Å². The van der Waals surface area contributed by atoms with E-state index in [2.05, 4.69) is 4.98 Å². The fraction of sp³-hybridized carbons (Fsp3) is 0.143. The number of benzene rings is 1. The highest BCUT2D eigenvalue weighted by Crippen LogP contribution is 2.10. The molecule has 0 bridgehead atoms. The van der Waals surface area contributed by atoms with E-state index in [-0.39, 0.29) is 11.2 Å². The molecule has 6 heteroatoms. The zero-order chi connectivity index (χ0) is 14.3. The zero-order valence-corrected chi connectivity index (χ0v) is 10.9. The average Bonchev–Trinajstić information content (AvgIpc) is 2.75. The lowest BCUT2D eigenvalue weighted by Crippen LogP contribution is -2.20. The molecule has 0 aliphatic rings. The van der Waals surface area contributed by atoms with Crippen molar-refractivity contribution < 1.29 is 5.21 Å². The number of imidazole rings is 1. The van der Waals surface area contributed by atoms with Crippen LogP contribution in [0.2, 0.25) is 0 Å². The van der Waals surface area contributed by atoms with Crippen molar-refractivity contribution in [1.29, 1.82) is 5.41 Å². The van der Waals surface area contributed by atoms with E-state index in [4.69, 9.17) is 5.41 Å². The molecule has 2 aromatic heterocycles. The minimum Gasteiger partial charge on any atom is -0.427 e. The maximum atomic E-state index is 12.1. The van der Waals surface area contributed by atoms with Gasteiger partial charge in [-0.3, -0.25) is 9.98 Å². The van der Waals surface area contributed by atoms with Crippen molar-refractivity contribution in [3.8, 4) is 0 Å². The third kappa shape index (κ3) is 1.82. The van der Waals surface area contributed by atoms with Crippen molar-refractivity contribution in [3.05, 3.63) is 63.6 Å². The molecule has 0 saturated carbocycles. The summed E-state index contributed by atoms with van der Waals surface area (Å²) < 4.78 is 2.32. The first-order valence-corrected chi connectivity index (χ1v) is 6.21. The summed E-state index contributed by atoms with van der Waals surface area (Å²) in [6.07, 6.45) is 0.